The van der Waals surface area contributed by atoms with Crippen LogP contribution in [0.25, 0.3) is 0 Å². The van der Waals surface area contributed by atoms with E-state index in [9.17, 15) is 23.4 Å². The minimum Gasteiger partial charge on any atom is -0.399 e. The van der Waals surface area contributed by atoms with Crippen molar-refractivity contribution in [2.75, 3.05) is 11.5 Å². The molecule has 0 radical (unpaired) electrons. The molecule has 7 heteroatoms. The summed E-state index contributed by atoms with van der Waals surface area (Å²) in [7, 11) is 0. The van der Waals surface area contributed by atoms with Crippen LogP contribution in [0.2, 0.25) is 0 Å². The Morgan fingerprint density at radius 2 is 1.83 bits per heavy atom. The molecular formula is C11H14F3NO2S. The van der Waals surface area contributed by atoms with E-state index >= 15 is 0 Å². The molecule has 18 heavy (non-hydrogen) atoms. The molecule has 2 atom stereocenters. The third-order valence-corrected chi connectivity index (χ3v) is 2.69. The summed E-state index contributed by atoms with van der Waals surface area (Å²) in [4.78, 5) is 0. The first-order chi connectivity index (χ1) is 8.25. The standard InChI is InChI=1S/C11H14F3NO2S/c12-11(13,14)7-3-6(4-8(15)5-7)10(17)9(16)1-2-18/h3-5,9-10,16-18H,1-2,15H2. The number of benzene rings is 1. The number of alkyl halides is 3. The van der Waals surface area contributed by atoms with Crippen molar-refractivity contribution in [2.45, 2.75) is 24.8 Å². The highest BCUT2D eigenvalue weighted by atomic mass is 32.1. The van der Waals surface area contributed by atoms with Crippen molar-refractivity contribution in [1.29, 1.82) is 0 Å². The third-order valence-electron chi connectivity index (χ3n) is 2.44. The number of aliphatic hydroxyl groups excluding tert-OH is 2. The fourth-order valence-corrected chi connectivity index (χ4v) is 1.79. The van der Waals surface area contributed by atoms with E-state index < -0.39 is 23.9 Å². The van der Waals surface area contributed by atoms with Crippen molar-refractivity contribution in [3.8, 4) is 0 Å². The second-order valence-electron chi connectivity index (χ2n) is 3.91. The van der Waals surface area contributed by atoms with E-state index in [4.69, 9.17) is 5.73 Å². The number of thiol groups is 1. The fraction of sp³-hybridized carbons (Fsp3) is 0.455. The molecule has 0 spiro atoms. The first-order valence-electron chi connectivity index (χ1n) is 5.20. The second kappa shape index (κ2) is 5.81. The SMILES string of the molecule is Nc1cc(C(O)C(O)CCS)cc(C(F)(F)F)c1. The Balaban J connectivity index is 3.06. The van der Waals surface area contributed by atoms with Gasteiger partial charge >= 0.3 is 6.18 Å². The molecule has 0 aliphatic rings. The van der Waals surface area contributed by atoms with Crippen LogP contribution in [-0.4, -0.2) is 22.1 Å². The van der Waals surface area contributed by atoms with Crippen molar-refractivity contribution < 1.29 is 23.4 Å². The Hall–Kier alpha value is -0.920. The number of hydrogen-bond acceptors (Lipinski definition) is 4. The molecular weight excluding hydrogens is 267 g/mol. The van der Waals surface area contributed by atoms with Gasteiger partial charge in [-0.3, -0.25) is 0 Å². The van der Waals surface area contributed by atoms with Crippen LogP contribution in [0.1, 0.15) is 23.7 Å². The molecule has 1 rings (SSSR count). The highest BCUT2D eigenvalue weighted by Gasteiger charge is 2.32. The van der Waals surface area contributed by atoms with Crippen molar-refractivity contribution in [3.63, 3.8) is 0 Å². The first-order valence-corrected chi connectivity index (χ1v) is 5.83. The summed E-state index contributed by atoms with van der Waals surface area (Å²) in [5.41, 5.74) is 4.24. The number of rotatable bonds is 4. The highest BCUT2D eigenvalue weighted by molar-refractivity contribution is 7.80. The Bertz CT molecular complexity index is 412. The van der Waals surface area contributed by atoms with Crippen molar-refractivity contribution >= 4 is 18.3 Å². The average Bonchev–Trinajstić information content (AvgIpc) is 2.26. The summed E-state index contributed by atoms with van der Waals surface area (Å²) >= 11 is 3.88. The maximum atomic E-state index is 12.5. The molecule has 3 nitrogen and oxygen atoms in total. The number of hydrogen-bond donors (Lipinski definition) is 4. The smallest absolute Gasteiger partial charge is 0.399 e. The lowest BCUT2D eigenvalue weighted by atomic mass is 9.99. The summed E-state index contributed by atoms with van der Waals surface area (Å²) in [6, 6.07) is 2.77. The van der Waals surface area contributed by atoms with Crippen LogP contribution in [0.4, 0.5) is 18.9 Å². The predicted molar refractivity (Wildman–Crippen MR) is 65.3 cm³/mol. The maximum absolute atomic E-state index is 12.5. The summed E-state index contributed by atoms with van der Waals surface area (Å²) in [6.45, 7) is 0. The lowest BCUT2D eigenvalue weighted by molar-refractivity contribution is -0.137. The minimum absolute atomic E-state index is 0.0587. The van der Waals surface area contributed by atoms with E-state index in [1.54, 1.807) is 0 Å². The minimum atomic E-state index is -4.54. The van der Waals surface area contributed by atoms with Gasteiger partial charge in [0.05, 0.1) is 11.7 Å². The van der Waals surface area contributed by atoms with Crippen LogP contribution in [0.3, 0.4) is 0 Å². The molecule has 0 saturated carbocycles. The van der Waals surface area contributed by atoms with E-state index in [0.29, 0.717) is 5.75 Å². The van der Waals surface area contributed by atoms with Gasteiger partial charge in [0.25, 0.3) is 0 Å². The summed E-state index contributed by atoms with van der Waals surface area (Å²) in [5, 5.41) is 19.3. The molecule has 0 aliphatic heterocycles. The molecule has 1 aromatic carbocycles. The molecule has 0 saturated heterocycles. The summed E-state index contributed by atoms with van der Waals surface area (Å²) < 4.78 is 37.6. The van der Waals surface area contributed by atoms with E-state index in [0.717, 1.165) is 12.1 Å². The zero-order valence-electron chi connectivity index (χ0n) is 9.35. The predicted octanol–water partition coefficient (Wildman–Crippen LogP) is 2.00. The Labute approximate surface area is 108 Å². The molecule has 0 fully saturated rings. The lowest BCUT2D eigenvalue weighted by Gasteiger charge is -2.19. The van der Waals surface area contributed by atoms with Crippen LogP contribution in [0.5, 0.6) is 0 Å². The Morgan fingerprint density at radius 1 is 1.22 bits per heavy atom. The van der Waals surface area contributed by atoms with E-state index in [1.165, 1.54) is 6.07 Å². The Kier molecular flexibility index (Phi) is 4.89. The molecule has 0 aromatic heterocycles. The van der Waals surface area contributed by atoms with Gasteiger partial charge in [-0.15, -0.1) is 0 Å². The van der Waals surface area contributed by atoms with Crippen LogP contribution in [0, 0.1) is 0 Å². The van der Waals surface area contributed by atoms with Crippen LogP contribution >= 0.6 is 12.6 Å². The van der Waals surface area contributed by atoms with Crippen molar-refractivity contribution in [2.24, 2.45) is 0 Å². The quantitative estimate of drug-likeness (QED) is 0.504. The molecule has 1 aromatic rings. The normalized spacial score (nSPS) is 15.4. The second-order valence-corrected chi connectivity index (χ2v) is 4.36. The van der Waals surface area contributed by atoms with Gasteiger partial charge < -0.3 is 15.9 Å². The van der Waals surface area contributed by atoms with Crippen LogP contribution in [0.15, 0.2) is 18.2 Å². The molecule has 0 bridgehead atoms. The first kappa shape index (κ1) is 15.1. The monoisotopic (exact) mass is 281 g/mol. The van der Waals surface area contributed by atoms with E-state index in [2.05, 4.69) is 12.6 Å². The average molecular weight is 281 g/mol. The third kappa shape index (κ3) is 3.79. The molecule has 0 heterocycles. The number of anilines is 1. The van der Waals surface area contributed by atoms with Gasteiger partial charge in [-0.2, -0.15) is 25.8 Å². The molecule has 102 valence electrons. The number of halogens is 3. The van der Waals surface area contributed by atoms with Crippen molar-refractivity contribution in [1.82, 2.24) is 0 Å². The number of nitrogen functional groups attached to an aromatic ring is 1. The Morgan fingerprint density at radius 3 is 2.33 bits per heavy atom. The molecule has 2 unspecified atom stereocenters. The van der Waals surface area contributed by atoms with Crippen molar-refractivity contribution in [3.05, 3.63) is 29.3 Å². The van der Waals surface area contributed by atoms with Gasteiger partial charge in [0, 0.05) is 5.69 Å². The van der Waals surface area contributed by atoms with Crippen LogP contribution in [-0.2, 0) is 6.18 Å². The largest absolute Gasteiger partial charge is 0.416 e. The topological polar surface area (TPSA) is 66.5 Å². The number of aliphatic hydroxyl groups is 2. The van der Waals surface area contributed by atoms with Gasteiger partial charge in [0.1, 0.15) is 6.10 Å². The van der Waals surface area contributed by atoms with Gasteiger partial charge in [-0.25, -0.2) is 0 Å². The van der Waals surface area contributed by atoms with E-state index in [-0.39, 0.29) is 17.7 Å². The molecule has 4 N–H and O–H groups in total. The fourth-order valence-electron chi connectivity index (χ4n) is 1.52. The van der Waals surface area contributed by atoms with Gasteiger partial charge in [0.15, 0.2) is 0 Å². The van der Waals surface area contributed by atoms with Gasteiger partial charge in [0.2, 0.25) is 0 Å². The maximum Gasteiger partial charge on any atom is 0.416 e. The number of nitrogens with two attached hydrogens (primary N) is 1. The van der Waals surface area contributed by atoms with E-state index in [1.807, 2.05) is 0 Å². The van der Waals surface area contributed by atoms with Gasteiger partial charge in [-0.1, -0.05) is 0 Å². The summed E-state index contributed by atoms with van der Waals surface area (Å²) in [5.74, 6) is 0.312. The zero-order valence-corrected chi connectivity index (χ0v) is 10.2. The molecule has 0 amide bonds. The van der Waals surface area contributed by atoms with Gasteiger partial charge in [-0.05, 0) is 35.9 Å². The highest BCUT2D eigenvalue weighted by Crippen LogP contribution is 2.33. The zero-order chi connectivity index (χ0) is 13.9. The summed E-state index contributed by atoms with van der Waals surface area (Å²) in [6.07, 6.45) is -6.97. The van der Waals surface area contributed by atoms with Crippen LogP contribution < -0.4 is 5.73 Å². The lowest BCUT2D eigenvalue weighted by Crippen LogP contribution is -2.19. The molecule has 0 aliphatic carbocycles.